The molecule has 0 unspecified atom stereocenters. The van der Waals surface area contributed by atoms with Crippen LogP contribution in [0.3, 0.4) is 0 Å². The molecule has 1 aliphatic rings. The Morgan fingerprint density at radius 3 is 3.00 bits per heavy atom. The molecular formula is C16H24N6O2. The van der Waals surface area contributed by atoms with Crippen molar-refractivity contribution >= 4 is 5.91 Å². The molecule has 8 nitrogen and oxygen atoms in total. The van der Waals surface area contributed by atoms with E-state index in [9.17, 15) is 9.59 Å². The van der Waals surface area contributed by atoms with Crippen LogP contribution >= 0.6 is 0 Å². The summed E-state index contributed by atoms with van der Waals surface area (Å²) >= 11 is 0. The van der Waals surface area contributed by atoms with E-state index in [2.05, 4.69) is 22.2 Å². The van der Waals surface area contributed by atoms with E-state index in [4.69, 9.17) is 0 Å². The Hall–Kier alpha value is -2.38. The van der Waals surface area contributed by atoms with Crippen LogP contribution in [0.5, 0.6) is 0 Å². The summed E-state index contributed by atoms with van der Waals surface area (Å²) in [4.78, 5) is 26.5. The summed E-state index contributed by atoms with van der Waals surface area (Å²) in [5, 5.41) is 10.9. The molecule has 8 heteroatoms. The van der Waals surface area contributed by atoms with Gasteiger partial charge in [0.2, 0.25) is 0 Å². The van der Waals surface area contributed by atoms with Gasteiger partial charge in [0.1, 0.15) is 11.5 Å². The molecule has 3 heterocycles. The molecule has 1 saturated heterocycles. The minimum absolute atomic E-state index is 0.00609. The molecular weight excluding hydrogens is 308 g/mol. The molecule has 2 aromatic heterocycles. The van der Waals surface area contributed by atoms with E-state index >= 15 is 0 Å². The first-order chi connectivity index (χ1) is 11.7. The molecule has 0 radical (unpaired) electrons. The Morgan fingerprint density at radius 2 is 2.25 bits per heavy atom. The molecule has 1 atom stereocenters. The number of hydrogen-bond acceptors (Lipinski definition) is 4. The van der Waals surface area contributed by atoms with E-state index in [0.717, 1.165) is 38.2 Å². The standard InChI is InChI=1S/C16H24N6O2/c1-3-9-22-13(7-8-17-22)15(23)20-10-5-6-12(11-20)14-18-19-16(24)21(14)4-2/h7-8,12H,3-6,9-11H2,1-2H3,(H,19,24)/t12-/m1/s1. The summed E-state index contributed by atoms with van der Waals surface area (Å²) in [7, 11) is 0. The van der Waals surface area contributed by atoms with Gasteiger partial charge in [-0.3, -0.25) is 14.0 Å². The fourth-order valence-corrected chi connectivity index (χ4v) is 3.39. The fourth-order valence-electron chi connectivity index (χ4n) is 3.39. The molecule has 0 aliphatic carbocycles. The molecule has 1 aliphatic heterocycles. The van der Waals surface area contributed by atoms with Crippen LogP contribution in [-0.2, 0) is 13.1 Å². The van der Waals surface area contributed by atoms with E-state index in [-0.39, 0.29) is 17.5 Å². The van der Waals surface area contributed by atoms with Crippen LogP contribution < -0.4 is 5.69 Å². The normalized spacial score (nSPS) is 18.1. The van der Waals surface area contributed by atoms with Crippen LogP contribution in [0, 0.1) is 0 Å². The third-order valence-electron chi connectivity index (χ3n) is 4.55. The van der Waals surface area contributed by atoms with Gasteiger partial charge in [-0.2, -0.15) is 10.2 Å². The number of aromatic nitrogens is 5. The first-order valence-electron chi connectivity index (χ1n) is 8.61. The predicted octanol–water partition coefficient (Wildman–Crippen LogP) is 1.22. The van der Waals surface area contributed by atoms with Crippen molar-refractivity contribution in [2.24, 2.45) is 0 Å². The second kappa shape index (κ2) is 7.02. The van der Waals surface area contributed by atoms with E-state index in [0.29, 0.717) is 18.8 Å². The van der Waals surface area contributed by atoms with Gasteiger partial charge in [-0.05, 0) is 32.3 Å². The number of carbonyl (C=O) groups is 1. The molecule has 0 bridgehead atoms. The lowest BCUT2D eigenvalue weighted by Gasteiger charge is -2.32. The molecule has 0 aromatic carbocycles. The van der Waals surface area contributed by atoms with E-state index in [1.807, 2.05) is 11.8 Å². The lowest BCUT2D eigenvalue weighted by molar-refractivity contribution is 0.0690. The lowest BCUT2D eigenvalue weighted by Crippen LogP contribution is -2.41. The Morgan fingerprint density at radius 1 is 1.42 bits per heavy atom. The van der Waals surface area contributed by atoms with Crippen LogP contribution in [0.4, 0.5) is 0 Å². The maximum absolute atomic E-state index is 12.9. The van der Waals surface area contributed by atoms with Crippen LogP contribution in [0.25, 0.3) is 0 Å². The Labute approximate surface area is 140 Å². The van der Waals surface area contributed by atoms with Gasteiger partial charge in [0.25, 0.3) is 5.91 Å². The first kappa shape index (κ1) is 16.5. The molecule has 1 amide bonds. The fraction of sp³-hybridized carbons (Fsp3) is 0.625. The average Bonchev–Trinajstić information content (AvgIpc) is 3.21. The topological polar surface area (TPSA) is 88.8 Å². The lowest BCUT2D eigenvalue weighted by atomic mass is 9.97. The summed E-state index contributed by atoms with van der Waals surface area (Å²) in [5.74, 6) is 0.845. The van der Waals surface area contributed by atoms with Crippen molar-refractivity contribution in [1.29, 1.82) is 0 Å². The number of aryl methyl sites for hydroxylation is 1. The number of rotatable bonds is 5. The number of amides is 1. The molecule has 1 fully saturated rings. The van der Waals surface area contributed by atoms with Gasteiger partial charge < -0.3 is 4.90 Å². The number of nitrogens with zero attached hydrogens (tertiary/aromatic N) is 5. The van der Waals surface area contributed by atoms with Gasteiger partial charge in [0, 0.05) is 38.3 Å². The third kappa shape index (κ3) is 3.00. The number of hydrogen-bond donors (Lipinski definition) is 1. The van der Waals surface area contributed by atoms with Crippen molar-refractivity contribution in [2.45, 2.75) is 52.1 Å². The first-order valence-corrected chi connectivity index (χ1v) is 8.61. The summed E-state index contributed by atoms with van der Waals surface area (Å²) in [5.41, 5.74) is 0.449. The molecule has 0 saturated carbocycles. The minimum Gasteiger partial charge on any atom is -0.337 e. The number of nitrogens with one attached hydrogen (secondary N) is 1. The van der Waals surface area contributed by atoms with Gasteiger partial charge in [-0.1, -0.05) is 6.92 Å². The molecule has 3 rings (SSSR count). The SMILES string of the molecule is CCCn1nccc1C(=O)N1CCC[C@@H](c2n[nH]c(=O)n2CC)C1. The smallest absolute Gasteiger partial charge is 0.337 e. The summed E-state index contributed by atoms with van der Waals surface area (Å²) in [6, 6.07) is 1.78. The van der Waals surface area contributed by atoms with Crippen LogP contribution in [-0.4, -0.2) is 48.4 Å². The van der Waals surface area contributed by atoms with Crippen molar-refractivity contribution < 1.29 is 4.79 Å². The van der Waals surface area contributed by atoms with Gasteiger partial charge in [0.15, 0.2) is 0 Å². The van der Waals surface area contributed by atoms with E-state index in [1.165, 1.54) is 0 Å². The highest BCUT2D eigenvalue weighted by atomic mass is 16.2. The quantitative estimate of drug-likeness (QED) is 0.891. The number of likely N-dealkylation sites (tertiary alicyclic amines) is 1. The van der Waals surface area contributed by atoms with Crippen molar-refractivity contribution in [1.82, 2.24) is 29.4 Å². The monoisotopic (exact) mass is 332 g/mol. The summed E-state index contributed by atoms with van der Waals surface area (Å²) < 4.78 is 3.42. The molecule has 1 N–H and O–H groups in total. The second-order valence-corrected chi connectivity index (χ2v) is 6.16. The zero-order valence-electron chi connectivity index (χ0n) is 14.2. The maximum Gasteiger partial charge on any atom is 0.343 e. The van der Waals surface area contributed by atoms with Crippen molar-refractivity contribution in [3.05, 3.63) is 34.3 Å². The van der Waals surface area contributed by atoms with Gasteiger partial charge in [-0.25, -0.2) is 9.89 Å². The van der Waals surface area contributed by atoms with Gasteiger partial charge in [-0.15, -0.1) is 0 Å². The van der Waals surface area contributed by atoms with E-state index < -0.39 is 0 Å². The maximum atomic E-state index is 12.9. The van der Waals surface area contributed by atoms with Crippen LogP contribution in [0.1, 0.15) is 55.3 Å². The summed E-state index contributed by atoms with van der Waals surface area (Å²) in [6.45, 7) is 6.62. The predicted molar refractivity (Wildman–Crippen MR) is 88.9 cm³/mol. The molecule has 130 valence electrons. The Balaban J connectivity index is 1.79. The second-order valence-electron chi connectivity index (χ2n) is 6.16. The number of H-pyrrole nitrogens is 1. The highest BCUT2D eigenvalue weighted by molar-refractivity contribution is 5.92. The summed E-state index contributed by atoms with van der Waals surface area (Å²) in [6.07, 6.45) is 4.44. The number of piperidine rings is 1. The average molecular weight is 332 g/mol. The Bertz CT molecular complexity index is 759. The zero-order valence-corrected chi connectivity index (χ0v) is 14.2. The molecule has 24 heavy (non-hydrogen) atoms. The van der Waals surface area contributed by atoms with E-state index in [1.54, 1.807) is 21.5 Å². The number of aromatic amines is 1. The van der Waals surface area contributed by atoms with Crippen LogP contribution in [0.2, 0.25) is 0 Å². The minimum atomic E-state index is -0.183. The van der Waals surface area contributed by atoms with Gasteiger partial charge in [0.05, 0.1) is 0 Å². The van der Waals surface area contributed by atoms with Gasteiger partial charge >= 0.3 is 5.69 Å². The largest absolute Gasteiger partial charge is 0.343 e. The highest BCUT2D eigenvalue weighted by Gasteiger charge is 2.29. The Kier molecular flexibility index (Phi) is 4.82. The molecule has 0 spiro atoms. The zero-order chi connectivity index (χ0) is 17.1. The third-order valence-corrected chi connectivity index (χ3v) is 4.55. The van der Waals surface area contributed by atoms with Crippen molar-refractivity contribution in [2.75, 3.05) is 13.1 Å². The van der Waals surface area contributed by atoms with Crippen LogP contribution in [0.15, 0.2) is 17.1 Å². The van der Waals surface area contributed by atoms with Crippen molar-refractivity contribution in [3.8, 4) is 0 Å². The molecule has 2 aromatic rings. The van der Waals surface area contributed by atoms with Crippen molar-refractivity contribution in [3.63, 3.8) is 0 Å². The highest BCUT2D eigenvalue weighted by Crippen LogP contribution is 2.26. The number of carbonyl (C=O) groups excluding carboxylic acids is 1.